The lowest BCUT2D eigenvalue weighted by Crippen LogP contribution is -2.61. The van der Waals surface area contributed by atoms with Crippen molar-refractivity contribution in [2.24, 2.45) is 68.1 Å². The quantitative estimate of drug-likeness (QED) is 0.0126. The Hall–Kier alpha value is -10.8. The second kappa shape index (κ2) is 55.2. The Labute approximate surface area is 720 Å². The molecule has 0 unspecified atom stereocenters. The van der Waals surface area contributed by atoms with Gasteiger partial charge < -0.3 is 129 Å². The number of aliphatic imine (C=N–C) groups is 2. The molecule has 686 valence electrons. The molecule has 0 saturated carbocycles. The number of aliphatic carboxylic acids is 3. The number of phenolic OH excluding ortho intramolecular Hbond substituents is 1. The third kappa shape index (κ3) is 38.5. The number of carboxylic acid groups (broad SMARTS) is 3. The number of hydrogen-bond acceptors (Lipinski definition) is 24. The summed E-state index contributed by atoms with van der Waals surface area (Å²) in [4.78, 5) is 243. The standard InChI is InChI=1S/C77H130N22O21S2/c1-11-40(7)59(97-63(107)46(79)18-15-31-84-76(80)81)73(117)87-42(9)61(105)92-52(35-44-22-24-45(100)25-23-44)68(112)90-50(27-29-57(103)104)67(111)89-49(26-28-56(101)102)66(110)88-47(19-13-14-30-78)64(108)95-54(37-122)71(115)93-51(34-38(3)4)69(113)98-60(41(8)12-2)74(118)99-33-17-21-55(99)72(116)91-48(20-16-32-85-77(82)83)65(109)94-53(36-121)70(114)86-43(10)62(106)96-58(39(5)6)75(119)120/h22-25,38-43,46-55,58-60,100,121-122H,11-21,26-37,78-79H2,1-10H3,(H,86,114)(H,87,117)(H,88,110)(H,89,111)(H,90,112)(H,91,116)(H,92,105)(H,93,115)(H,94,109)(H,95,108)(H,96,106)(H,97,107)(H,98,113)(H,101,102)(H,103,104)(H,119,120)(H4,80,81,84)(H4,82,83,85)/t40-,41-,42-,43-,46-,47-,48-,49-,50-,51-,52-,53-,54-,55-,58-,59-,60-/m0/s1. The van der Waals surface area contributed by atoms with Gasteiger partial charge in [-0.3, -0.25) is 86.7 Å². The Morgan fingerprint density at radius 2 is 0.852 bits per heavy atom. The maximum atomic E-state index is 14.9. The van der Waals surface area contributed by atoms with E-state index in [1.54, 1.807) is 55.4 Å². The number of benzene rings is 1. The number of nitrogens with two attached hydrogens (primary N) is 6. The van der Waals surface area contributed by atoms with E-state index in [1.165, 1.54) is 43.0 Å². The van der Waals surface area contributed by atoms with E-state index in [-0.39, 0.29) is 113 Å². The highest BCUT2D eigenvalue weighted by atomic mass is 32.1. The van der Waals surface area contributed by atoms with Crippen molar-refractivity contribution in [1.29, 1.82) is 0 Å². The van der Waals surface area contributed by atoms with E-state index in [0.29, 0.717) is 31.2 Å². The number of thiol groups is 2. The fourth-order valence-corrected chi connectivity index (χ4v) is 13.1. The smallest absolute Gasteiger partial charge is 0.326 e. The van der Waals surface area contributed by atoms with Gasteiger partial charge in [0.25, 0.3) is 0 Å². The van der Waals surface area contributed by atoms with Crippen LogP contribution in [0.5, 0.6) is 5.75 Å². The minimum atomic E-state index is -1.85. The van der Waals surface area contributed by atoms with E-state index >= 15 is 0 Å². The molecular weight excluding hydrogens is 1630 g/mol. The third-order valence-corrected chi connectivity index (χ3v) is 20.9. The molecule has 0 bridgehead atoms. The summed E-state index contributed by atoms with van der Waals surface area (Å²) in [6.45, 7) is 16.4. The van der Waals surface area contributed by atoms with Gasteiger partial charge in [-0.25, -0.2) is 4.79 Å². The highest BCUT2D eigenvalue weighted by molar-refractivity contribution is 7.80. The molecule has 0 spiro atoms. The highest BCUT2D eigenvalue weighted by Gasteiger charge is 2.43. The van der Waals surface area contributed by atoms with E-state index in [1.807, 2.05) is 0 Å². The number of carboxylic acids is 3. The zero-order chi connectivity index (χ0) is 92.4. The highest BCUT2D eigenvalue weighted by Crippen LogP contribution is 2.24. The van der Waals surface area contributed by atoms with Gasteiger partial charge in [-0.2, -0.15) is 25.3 Å². The van der Waals surface area contributed by atoms with Crippen molar-refractivity contribution in [1.82, 2.24) is 74.0 Å². The minimum Gasteiger partial charge on any atom is -0.508 e. The summed E-state index contributed by atoms with van der Waals surface area (Å²) in [5.41, 5.74) is 34.1. The summed E-state index contributed by atoms with van der Waals surface area (Å²) in [6, 6.07) is -16.1. The van der Waals surface area contributed by atoms with Crippen molar-refractivity contribution in [2.45, 2.75) is 269 Å². The van der Waals surface area contributed by atoms with Gasteiger partial charge in [-0.15, -0.1) is 0 Å². The number of likely N-dealkylation sites (tertiary alicyclic amines) is 1. The fraction of sp³-hybridized carbons (Fsp3) is 0.675. The first-order valence-electron chi connectivity index (χ1n) is 40.8. The molecule has 45 heteroatoms. The van der Waals surface area contributed by atoms with Crippen LogP contribution in [0.15, 0.2) is 34.3 Å². The molecule has 1 aliphatic rings. The van der Waals surface area contributed by atoms with E-state index in [0.717, 1.165) is 0 Å². The summed E-state index contributed by atoms with van der Waals surface area (Å²) >= 11 is 8.58. The fourth-order valence-electron chi connectivity index (χ4n) is 12.5. The maximum absolute atomic E-state index is 14.9. The second-order valence-corrected chi connectivity index (χ2v) is 31.7. The number of nitrogens with zero attached hydrogens (tertiary/aromatic N) is 3. The monoisotopic (exact) mass is 1760 g/mol. The van der Waals surface area contributed by atoms with Crippen molar-refractivity contribution < 1.29 is 102 Å². The van der Waals surface area contributed by atoms with Crippen molar-refractivity contribution in [3.8, 4) is 5.75 Å². The number of nitrogens with one attached hydrogen (secondary N) is 13. The molecule has 1 saturated heterocycles. The zero-order valence-electron chi connectivity index (χ0n) is 71.0. The average Bonchev–Trinajstić information content (AvgIpc) is 1.16. The minimum absolute atomic E-state index is 0.00806. The molecule has 0 radical (unpaired) electrons. The van der Waals surface area contributed by atoms with Crippen LogP contribution in [-0.2, 0) is 87.9 Å². The molecule has 43 nitrogen and oxygen atoms in total. The van der Waals surface area contributed by atoms with Gasteiger partial charge in [0.2, 0.25) is 82.7 Å². The van der Waals surface area contributed by atoms with Crippen LogP contribution in [0.25, 0.3) is 0 Å². The predicted octanol–water partition coefficient (Wildman–Crippen LogP) is -4.70. The normalized spacial score (nSPS) is 16.4. The molecule has 0 aliphatic carbocycles. The summed E-state index contributed by atoms with van der Waals surface area (Å²) in [5, 5.41) is 72.3. The number of hydrogen-bond donors (Lipinski definition) is 25. The Bertz CT molecular complexity index is 3760. The van der Waals surface area contributed by atoms with Crippen LogP contribution < -0.4 is 104 Å². The second-order valence-electron chi connectivity index (χ2n) is 31.0. The molecule has 1 aromatic rings. The van der Waals surface area contributed by atoms with Crippen LogP contribution in [0, 0.1) is 23.7 Å². The number of amides is 14. The number of unbranched alkanes of at least 4 members (excludes halogenated alkanes) is 1. The lowest BCUT2D eigenvalue weighted by atomic mass is 9.95. The topological polar surface area (TPSA) is 712 Å². The molecule has 0 aromatic heterocycles. The molecule has 29 N–H and O–H groups in total. The summed E-state index contributed by atoms with van der Waals surface area (Å²) in [7, 11) is 0. The van der Waals surface area contributed by atoms with Crippen LogP contribution >= 0.6 is 25.3 Å². The number of rotatable bonds is 57. The lowest BCUT2D eigenvalue weighted by molar-refractivity contribution is -0.144. The van der Waals surface area contributed by atoms with Crippen LogP contribution in [0.3, 0.4) is 0 Å². The van der Waals surface area contributed by atoms with Crippen molar-refractivity contribution in [2.75, 3.05) is 37.7 Å². The lowest BCUT2D eigenvalue weighted by Gasteiger charge is -2.33. The molecule has 1 heterocycles. The van der Waals surface area contributed by atoms with Gasteiger partial charge in [0, 0.05) is 50.4 Å². The van der Waals surface area contributed by atoms with Gasteiger partial charge in [0.15, 0.2) is 11.9 Å². The van der Waals surface area contributed by atoms with Gasteiger partial charge in [0.1, 0.15) is 90.3 Å². The number of guanidine groups is 2. The van der Waals surface area contributed by atoms with Gasteiger partial charge in [-0.05, 0) is 139 Å². The molecule has 1 aromatic carbocycles. The van der Waals surface area contributed by atoms with Gasteiger partial charge >= 0.3 is 17.9 Å². The van der Waals surface area contributed by atoms with E-state index in [4.69, 9.17) is 34.4 Å². The molecule has 1 fully saturated rings. The molecule has 1 aliphatic heterocycles. The zero-order valence-corrected chi connectivity index (χ0v) is 72.8. The summed E-state index contributed by atoms with van der Waals surface area (Å²) < 4.78 is 0. The Morgan fingerprint density at radius 1 is 0.459 bits per heavy atom. The number of aromatic hydroxyl groups is 1. The number of phenols is 1. The molecule has 17 atom stereocenters. The van der Waals surface area contributed by atoms with Crippen LogP contribution in [-0.4, -0.2) is 266 Å². The average molecular weight is 1760 g/mol. The third-order valence-electron chi connectivity index (χ3n) is 20.1. The number of carbonyl (C=O) groups excluding carboxylic acids is 14. The Morgan fingerprint density at radius 3 is 1.31 bits per heavy atom. The summed E-state index contributed by atoms with van der Waals surface area (Å²) in [5.74, 6) is -20.3. The Balaban J connectivity index is 2.50. The molecule has 2 rings (SSSR count). The molecular formula is C77H130N22O21S2. The summed E-state index contributed by atoms with van der Waals surface area (Å²) in [6.07, 6.45) is -1.49. The van der Waals surface area contributed by atoms with E-state index in [9.17, 15) is 102 Å². The first-order valence-corrected chi connectivity index (χ1v) is 42.1. The van der Waals surface area contributed by atoms with Crippen LogP contribution in [0.2, 0.25) is 0 Å². The first-order chi connectivity index (χ1) is 57.3. The largest absolute Gasteiger partial charge is 0.508 e. The maximum Gasteiger partial charge on any atom is 0.326 e. The van der Waals surface area contributed by atoms with Gasteiger partial charge in [-0.1, -0.05) is 80.4 Å². The van der Waals surface area contributed by atoms with Crippen LogP contribution in [0.4, 0.5) is 0 Å². The first kappa shape index (κ1) is 107. The number of carbonyl (C=O) groups is 17. The Kier molecular flexibility index (Phi) is 48.6. The molecule has 14 amide bonds. The van der Waals surface area contributed by atoms with E-state index < -0.39 is 240 Å². The van der Waals surface area contributed by atoms with Crippen molar-refractivity contribution >= 4 is 138 Å². The van der Waals surface area contributed by atoms with Crippen LogP contribution in [0.1, 0.15) is 178 Å². The van der Waals surface area contributed by atoms with E-state index in [2.05, 4.69) is 104 Å². The predicted molar refractivity (Wildman–Crippen MR) is 456 cm³/mol. The van der Waals surface area contributed by atoms with Crippen molar-refractivity contribution in [3.63, 3.8) is 0 Å². The SMILES string of the molecule is CC[C@H](C)[C@H](NC(=O)[C@@H](N)CCCN=C(N)N)C(=O)N[C@@H](C)C(=O)N[C@@H](Cc1ccc(O)cc1)C(=O)N[C@@H](CCC(=O)O)C(=O)N[C@@H](CCC(=O)O)C(=O)N[C@@H](CCCCN)C(=O)N[C@@H](CS)C(=O)N[C@@H](CC(C)C)C(=O)N[C@H](C(=O)N1CCC[C@H]1C(=O)N[C@@H](CCCN=C(N)N)C(=O)N[C@@H](CS)C(=O)N[C@@H](C)C(=O)N[C@H](C(=O)O)C(C)C)[C@@H](C)CC. The molecule has 122 heavy (non-hydrogen) atoms. The van der Waals surface area contributed by atoms with Crippen molar-refractivity contribution in [3.05, 3.63) is 29.8 Å². The van der Waals surface area contributed by atoms with Gasteiger partial charge in [0.05, 0.1) is 6.04 Å².